The zero-order valence-electron chi connectivity index (χ0n) is 12.3. The Kier molecular flexibility index (Phi) is 3.61. The molecule has 0 N–H and O–H groups in total. The Morgan fingerprint density at radius 2 is 1.81 bits per heavy atom. The van der Waals surface area contributed by atoms with E-state index in [1.807, 2.05) is 18.2 Å². The molecule has 3 rings (SSSR count). The minimum atomic E-state index is -0.194. The summed E-state index contributed by atoms with van der Waals surface area (Å²) in [7, 11) is 0. The van der Waals surface area contributed by atoms with E-state index in [0.29, 0.717) is 6.42 Å². The molecule has 2 aromatic rings. The Balaban J connectivity index is 2.02. The Morgan fingerprint density at radius 3 is 2.52 bits per heavy atom. The van der Waals surface area contributed by atoms with Gasteiger partial charge in [-0.1, -0.05) is 54.1 Å². The molecule has 106 valence electrons. The van der Waals surface area contributed by atoms with Crippen LogP contribution in [0, 0.1) is 6.92 Å². The number of Topliss-reactive ketones (excluding diaryl/α,β-unsaturated/α-hetero) is 1. The van der Waals surface area contributed by atoms with Gasteiger partial charge < -0.3 is 4.74 Å². The highest BCUT2D eigenvalue weighted by Gasteiger charge is 2.24. The summed E-state index contributed by atoms with van der Waals surface area (Å²) in [6, 6.07) is 16.3. The Bertz CT molecular complexity index is 696. The molecule has 2 aromatic carbocycles. The number of carbonyl (C=O) groups excluding carboxylic acids is 1. The lowest BCUT2D eigenvalue weighted by Gasteiger charge is -2.26. The van der Waals surface area contributed by atoms with Gasteiger partial charge in [0.05, 0.1) is 0 Å². The van der Waals surface area contributed by atoms with Crippen LogP contribution in [0.5, 0.6) is 0 Å². The summed E-state index contributed by atoms with van der Waals surface area (Å²) in [5, 5.41) is 0. The molecule has 0 radical (unpaired) electrons. The van der Waals surface area contributed by atoms with Gasteiger partial charge in [0.1, 0.15) is 17.6 Å². The molecule has 1 atom stereocenters. The van der Waals surface area contributed by atoms with Crippen LogP contribution in [-0.2, 0) is 9.53 Å². The number of ketones is 1. The third-order valence-electron chi connectivity index (χ3n) is 3.71. The fourth-order valence-corrected chi connectivity index (χ4v) is 2.61. The van der Waals surface area contributed by atoms with E-state index >= 15 is 0 Å². The van der Waals surface area contributed by atoms with Gasteiger partial charge in [-0.15, -0.1) is 0 Å². The maximum Gasteiger partial charge on any atom is 0.133 e. The van der Waals surface area contributed by atoms with Gasteiger partial charge in [0, 0.05) is 17.5 Å². The predicted molar refractivity (Wildman–Crippen MR) is 84.6 cm³/mol. The average Bonchev–Trinajstić information content (AvgIpc) is 2.47. The Hall–Kier alpha value is -2.35. The summed E-state index contributed by atoms with van der Waals surface area (Å²) in [6.07, 6.45) is 2.26. The Labute approximate surface area is 125 Å². The summed E-state index contributed by atoms with van der Waals surface area (Å²) in [6.45, 7) is 3.67. The Morgan fingerprint density at radius 1 is 1.10 bits per heavy atom. The van der Waals surface area contributed by atoms with Gasteiger partial charge >= 0.3 is 0 Å². The van der Waals surface area contributed by atoms with E-state index in [1.165, 1.54) is 5.56 Å². The molecule has 0 spiro atoms. The van der Waals surface area contributed by atoms with Crippen LogP contribution in [0.4, 0.5) is 0 Å². The van der Waals surface area contributed by atoms with Crippen molar-refractivity contribution < 1.29 is 9.53 Å². The minimum absolute atomic E-state index is 0.139. The molecule has 0 fully saturated rings. The van der Waals surface area contributed by atoms with Crippen molar-refractivity contribution in [1.29, 1.82) is 0 Å². The molecule has 1 unspecified atom stereocenters. The molecule has 1 aliphatic heterocycles. The van der Waals surface area contributed by atoms with Crippen molar-refractivity contribution >= 4 is 17.6 Å². The predicted octanol–water partition coefficient (Wildman–Crippen LogP) is 4.54. The number of fused-ring (bicyclic) bond motifs is 1. The largest absolute Gasteiger partial charge is 0.485 e. The van der Waals surface area contributed by atoms with Crippen LogP contribution in [0.15, 0.2) is 48.5 Å². The second-order valence-corrected chi connectivity index (χ2v) is 5.52. The number of hydrogen-bond donors (Lipinski definition) is 0. The monoisotopic (exact) mass is 278 g/mol. The van der Waals surface area contributed by atoms with Crippen molar-refractivity contribution in [3.63, 3.8) is 0 Å². The van der Waals surface area contributed by atoms with E-state index < -0.39 is 0 Å². The molecular weight excluding hydrogens is 260 g/mol. The van der Waals surface area contributed by atoms with Crippen LogP contribution in [0.1, 0.15) is 41.7 Å². The number of aryl methyl sites for hydroxylation is 1. The highest BCUT2D eigenvalue weighted by molar-refractivity contribution is 5.82. The number of benzene rings is 2. The van der Waals surface area contributed by atoms with Crippen molar-refractivity contribution in [2.24, 2.45) is 0 Å². The summed E-state index contributed by atoms with van der Waals surface area (Å²) in [4.78, 5) is 11.5. The first-order valence-electron chi connectivity index (χ1n) is 7.17. The topological polar surface area (TPSA) is 26.3 Å². The quantitative estimate of drug-likeness (QED) is 0.823. The van der Waals surface area contributed by atoms with E-state index in [9.17, 15) is 4.79 Å². The number of ether oxygens (including phenoxy) is 1. The molecule has 0 amide bonds. The third-order valence-corrected chi connectivity index (χ3v) is 3.71. The van der Waals surface area contributed by atoms with Crippen LogP contribution in [0.3, 0.4) is 0 Å². The molecule has 0 aromatic heterocycles. The van der Waals surface area contributed by atoms with Crippen LogP contribution < -0.4 is 0 Å². The zero-order chi connectivity index (χ0) is 14.8. The van der Waals surface area contributed by atoms with Crippen LogP contribution in [-0.4, -0.2) is 5.78 Å². The first kappa shape index (κ1) is 13.6. The van der Waals surface area contributed by atoms with Crippen LogP contribution in [0.2, 0.25) is 0 Å². The molecule has 0 aliphatic carbocycles. The standard InChI is InChI=1S/C19H18O2/c1-13-7-9-15(10-8-13)18-12-16-5-3-4-6-17(16)19(21-18)11-14(2)20/h3-10,12,19H,11H2,1-2H3. The maximum atomic E-state index is 11.5. The van der Waals surface area contributed by atoms with Gasteiger partial charge in [-0.2, -0.15) is 0 Å². The minimum Gasteiger partial charge on any atom is -0.485 e. The fraction of sp³-hybridized carbons (Fsp3) is 0.211. The van der Waals surface area contributed by atoms with Gasteiger partial charge in [-0.25, -0.2) is 0 Å². The third kappa shape index (κ3) is 2.89. The van der Waals surface area contributed by atoms with E-state index in [2.05, 4.69) is 43.3 Å². The number of rotatable bonds is 3. The zero-order valence-corrected chi connectivity index (χ0v) is 12.3. The molecule has 21 heavy (non-hydrogen) atoms. The van der Waals surface area contributed by atoms with E-state index in [-0.39, 0.29) is 11.9 Å². The van der Waals surface area contributed by atoms with Gasteiger partial charge in [0.2, 0.25) is 0 Å². The van der Waals surface area contributed by atoms with Crippen molar-refractivity contribution in [3.8, 4) is 0 Å². The molecule has 0 bridgehead atoms. The summed E-state index contributed by atoms with van der Waals surface area (Å²) >= 11 is 0. The smallest absolute Gasteiger partial charge is 0.133 e. The normalized spacial score (nSPS) is 16.7. The molecule has 1 aliphatic rings. The van der Waals surface area contributed by atoms with Crippen molar-refractivity contribution in [3.05, 3.63) is 70.8 Å². The maximum absolute atomic E-state index is 11.5. The molecule has 0 saturated heterocycles. The number of carbonyl (C=O) groups is 1. The lowest BCUT2D eigenvalue weighted by atomic mass is 9.95. The van der Waals surface area contributed by atoms with Crippen molar-refractivity contribution in [1.82, 2.24) is 0 Å². The van der Waals surface area contributed by atoms with Gasteiger partial charge in [-0.3, -0.25) is 4.79 Å². The summed E-state index contributed by atoms with van der Waals surface area (Å²) in [5.74, 6) is 0.972. The second-order valence-electron chi connectivity index (χ2n) is 5.52. The summed E-state index contributed by atoms with van der Waals surface area (Å²) in [5.41, 5.74) is 4.48. The molecule has 2 nitrogen and oxygen atoms in total. The van der Waals surface area contributed by atoms with Crippen molar-refractivity contribution in [2.45, 2.75) is 26.4 Å². The average molecular weight is 278 g/mol. The van der Waals surface area contributed by atoms with E-state index in [1.54, 1.807) is 6.92 Å². The van der Waals surface area contributed by atoms with Gasteiger partial charge in [0.25, 0.3) is 0 Å². The van der Waals surface area contributed by atoms with Gasteiger partial charge in [-0.05, 0) is 25.5 Å². The van der Waals surface area contributed by atoms with Crippen molar-refractivity contribution in [2.75, 3.05) is 0 Å². The summed E-state index contributed by atoms with van der Waals surface area (Å²) < 4.78 is 6.09. The molecule has 2 heteroatoms. The van der Waals surface area contributed by atoms with Crippen LogP contribution in [0.25, 0.3) is 11.8 Å². The van der Waals surface area contributed by atoms with E-state index in [4.69, 9.17) is 4.74 Å². The van der Waals surface area contributed by atoms with E-state index in [0.717, 1.165) is 22.4 Å². The fourth-order valence-electron chi connectivity index (χ4n) is 2.61. The first-order valence-corrected chi connectivity index (χ1v) is 7.17. The molecule has 1 heterocycles. The highest BCUT2D eigenvalue weighted by atomic mass is 16.5. The lowest BCUT2D eigenvalue weighted by molar-refractivity contribution is -0.118. The lowest BCUT2D eigenvalue weighted by Crippen LogP contribution is -2.13. The molecule has 0 saturated carbocycles. The highest BCUT2D eigenvalue weighted by Crippen LogP contribution is 2.37. The second kappa shape index (κ2) is 5.57. The van der Waals surface area contributed by atoms with Crippen LogP contribution >= 0.6 is 0 Å². The first-order chi connectivity index (χ1) is 10.1. The number of hydrogen-bond acceptors (Lipinski definition) is 2. The molecular formula is C19H18O2. The van der Waals surface area contributed by atoms with Gasteiger partial charge in [0.15, 0.2) is 0 Å². The SMILES string of the molecule is CC(=O)CC1OC(c2ccc(C)cc2)=Cc2ccccc21.